The molecule has 0 aromatic heterocycles. The van der Waals surface area contributed by atoms with Crippen molar-refractivity contribution >= 4 is 23.4 Å². The van der Waals surface area contributed by atoms with Crippen molar-refractivity contribution in [1.29, 1.82) is 0 Å². The first kappa shape index (κ1) is 17.3. The number of nitrogens with one attached hydrogen (secondary N) is 1. The monoisotopic (exact) mass is 344 g/mol. The lowest BCUT2D eigenvalue weighted by atomic mass is 10.0. The summed E-state index contributed by atoms with van der Waals surface area (Å²) < 4.78 is 5.33. The van der Waals surface area contributed by atoms with Crippen LogP contribution in [0.4, 0.5) is 11.4 Å². The zero-order valence-electron chi connectivity index (χ0n) is 14.5. The van der Waals surface area contributed by atoms with Gasteiger partial charge in [0.25, 0.3) is 0 Å². The van der Waals surface area contributed by atoms with Gasteiger partial charge in [0.15, 0.2) is 0 Å². The maximum Gasteiger partial charge on any atom is 0.336 e. The summed E-state index contributed by atoms with van der Waals surface area (Å²) in [5, 5.41) is 3.09. The van der Waals surface area contributed by atoms with E-state index in [-0.39, 0.29) is 0 Å². The fourth-order valence-electron chi connectivity index (χ4n) is 2.56. The van der Waals surface area contributed by atoms with Crippen LogP contribution in [0.5, 0.6) is 5.75 Å². The van der Waals surface area contributed by atoms with Crippen molar-refractivity contribution in [3.8, 4) is 16.9 Å². The summed E-state index contributed by atoms with van der Waals surface area (Å²) in [4.78, 5) is 11.9. The van der Waals surface area contributed by atoms with Gasteiger partial charge in [-0.2, -0.15) is 0 Å². The van der Waals surface area contributed by atoms with E-state index >= 15 is 0 Å². The van der Waals surface area contributed by atoms with Crippen LogP contribution in [-0.2, 0) is 4.79 Å². The molecule has 0 saturated carbocycles. The number of hydrogen-bond acceptors (Lipinski definition) is 4. The number of nitrogen functional groups attached to an aromatic ring is 1. The number of benzene rings is 3. The Labute approximate surface area is 152 Å². The van der Waals surface area contributed by atoms with Crippen molar-refractivity contribution in [3.05, 3.63) is 84.4 Å². The van der Waals surface area contributed by atoms with Gasteiger partial charge in [0.2, 0.25) is 0 Å². The smallest absolute Gasteiger partial charge is 0.336 e. The standard InChI is InChI=1S/C22H20N2O2/c1-24-20-14-18(13-19(23)15-20)17-8-10-21(11-9-17)26-22(25)12-7-16-5-3-2-4-6-16/h2-15,24H,23H2,1H3. The maximum absolute atomic E-state index is 11.9. The van der Waals surface area contributed by atoms with Gasteiger partial charge in [0.1, 0.15) is 5.75 Å². The lowest BCUT2D eigenvalue weighted by Gasteiger charge is -2.08. The van der Waals surface area contributed by atoms with Gasteiger partial charge in [-0.05, 0) is 53.1 Å². The summed E-state index contributed by atoms with van der Waals surface area (Å²) in [6, 6.07) is 22.7. The molecule has 0 aliphatic rings. The van der Waals surface area contributed by atoms with Crippen molar-refractivity contribution in [2.24, 2.45) is 0 Å². The Hall–Kier alpha value is -3.53. The molecule has 0 spiro atoms. The third-order valence-corrected chi connectivity index (χ3v) is 3.86. The summed E-state index contributed by atoms with van der Waals surface area (Å²) >= 11 is 0. The lowest BCUT2D eigenvalue weighted by Crippen LogP contribution is -2.03. The first-order valence-electron chi connectivity index (χ1n) is 8.28. The largest absolute Gasteiger partial charge is 0.423 e. The van der Waals surface area contributed by atoms with Crippen LogP contribution in [0.1, 0.15) is 5.56 Å². The fourth-order valence-corrected chi connectivity index (χ4v) is 2.56. The topological polar surface area (TPSA) is 64.3 Å². The number of esters is 1. The first-order valence-corrected chi connectivity index (χ1v) is 8.28. The van der Waals surface area contributed by atoms with Crippen LogP contribution in [0.25, 0.3) is 17.2 Å². The zero-order valence-corrected chi connectivity index (χ0v) is 14.5. The molecule has 0 saturated heterocycles. The van der Waals surface area contributed by atoms with E-state index in [2.05, 4.69) is 5.32 Å². The quantitative estimate of drug-likeness (QED) is 0.307. The Morgan fingerprint density at radius 1 is 0.962 bits per heavy atom. The van der Waals surface area contributed by atoms with E-state index in [1.807, 2.05) is 67.7 Å². The van der Waals surface area contributed by atoms with E-state index in [1.165, 1.54) is 6.08 Å². The second kappa shape index (κ2) is 8.03. The molecule has 3 aromatic rings. The summed E-state index contributed by atoms with van der Waals surface area (Å²) in [7, 11) is 1.85. The van der Waals surface area contributed by atoms with Crippen molar-refractivity contribution in [3.63, 3.8) is 0 Å². The van der Waals surface area contributed by atoms with E-state index in [4.69, 9.17) is 10.5 Å². The molecule has 4 heteroatoms. The Balaban J connectivity index is 1.69. The molecule has 0 heterocycles. The number of rotatable bonds is 5. The number of anilines is 2. The molecular weight excluding hydrogens is 324 g/mol. The van der Waals surface area contributed by atoms with Crippen molar-refractivity contribution < 1.29 is 9.53 Å². The van der Waals surface area contributed by atoms with Crippen LogP contribution in [0.3, 0.4) is 0 Å². The van der Waals surface area contributed by atoms with Gasteiger partial charge in [-0.15, -0.1) is 0 Å². The maximum atomic E-state index is 11.9. The third kappa shape index (κ3) is 4.51. The highest BCUT2D eigenvalue weighted by Crippen LogP contribution is 2.27. The Bertz CT molecular complexity index is 917. The number of carbonyl (C=O) groups excluding carboxylic acids is 1. The van der Waals surface area contributed by atoms with Crippen molar-refractivity contribution in [1.82, 2.24) is 0 Å². The van der Waals surface area contributed by atoms with Gasteiger partial charge in [-0.25, -0.2) is 4.79 Å². The molecule has 0 bridgehead atoms. The predicted molar refractivity (Wildman–Crippen MR) is 107 cm³/mol. The van der Waals surface area contributed by atoms with E-state index in [1.54, 1.807) is 18.2 Å². The van der Waals surface area contributed by atoms with Crippen molar-refractivity contribution in [2.45, 2.75) is 0 Å². The molecule has 0 aliphatic heterocycles. The van der Waals surface area contributed by atoms with Gasteiger partial charge < -0.3 is 15.8 Å². The fraction of sp³-hybridized carbons (Fsp3) is 0.0455. The zero-order chi connectivity index (χ0) is 18.4. The molecule has 0 aliphatic carbocycles. The molecule has 0 fully saturated rings. The molecule has 0 amide bonds. The van der Waals surface area contributed by atoms with Gasteiger partial charge in [-0.1, -0.05) is 42.5 Å². The Kier molecular flexibility index (Phi) is 5.34. The average molecular weight is 344 g/mol. The molecule has 0 radical (unpaired) electrons. The first-order chi connectivity index (χ1) is 12.6. The van der Waals surface area contributed by atoms with Crippen molar-refractivity contribution in [2.75, 3.05) is 18.1 Å². The van der Waals surface area contributed by atoms with Crippen LogP contribution in [0.2, 0.25) is 0 Å². The minimum atomic E-state index is -0.414. The molecule has 3 aromatic carbocycles. The van der Waals surface area contributed by atoms with E-state index < -0.39 is 5.97 Å². The lowest BCUT2D eigenvalue weighted by molar-refractivity contribution is -0.128. The molecule has 4 nitrogen and oxygen atoms in total. The minimum Gasteiger partial charge on any atom is -0.423 e. The molecule has 130 valence electrons. The molecular formula is C22H20N2O2. The number of nitrogens with two attached hydrogens (primary N) is 1. The number of carbonyl (C=O) groups is 1. The highest BCUT2D eigenvalue weighted by molar-refractivity contribution is 5.88. The second-order valence-corrected chi connectivity index (χ2v) is 5.78. The molecule has 0 atom stereocenters. The average Bonchev–Trinajstić information content (AvgIpc) is 2.67. The van der Waals surface area contributed by atoms with Crippen LogP contribution < -0.4 is 15.8 Å². The molecule has 3 N–H and O–H groups in total. The van der Waals surface area contributed by atoms with Crippen LogP contribution >= 0.6 is 0 Å². The Morgan fingerprint density at radius 3 is 2.38 bits per heavy atom. The van der Waals surface area contributed by atoms with Gasteiger partial charge in [0.05, 0.1) is 0 Å². The van der Waals surface area contributed by atoms with Gasteiger partial charge >= 0.3 is 5.97 Å². The van der Waals surface area contributed by atoms with Crippen LogP contribution in [0.15, 0.2) is 78.9 Å². The summed E-state index contributed by atoms with van der Waals surface area (Å²) in [5.74, 6) is 0.0808. The highest BCUT2D eigenvalue weighted by atomic mass is 16.5. The summed E-state index contributed by atoms with van der Waals surface area (Å²) in [6.45, 7) is 0. The summed E-state index contributed by atoms with van der Waals surface area (Å²) in [6.07, 6.45) is 3.14. The number of ether oxygens (including phenoxy) is 1. The van der Waals surface area contributed by atoms with E-state index in [0.29, 0.717) is 11.4 Å². The molecule has 26 heavy (non-hydrogen) atoms. The van der Waals surface area contributed by atoms with E-state index in [0.717, 1.165) is 22.4 Å². The van der Waals surface area contributed by atoms with Crippen LogP contribution in [0, 0.1) is 0 Å². The van der Waals surface area contributed by atoms with E-state index in [9.17, 15) is 4.79 Å². The molecule has 3 rings (SSSR count). The predicted octanol–water partition coefficient (Wildman–Crippen LogP) is 4.60. The normalized spacial score (nSPS) is 10.7. The Morgan fingerprint density at radius 2 is 1.69 bits per heavy atom. The third-order valence-electron chi connectivity index (χ3n) is 3.86. The minimum absolute atomic E-state index is 0.414. The SMILES string of the molecule is CNc1cc(N)cc(-c2ccc(OC(=O)C=Cc3ccccc3)cc2)c1. The highest BCUT2D eigenvalue weighted by Gasteiger charge is 2.04. The van der Waals surface area contributed by atoms with Crippen LogP contribution in [-0.4, -0.2) is 13.0 Å². The van der Waals surface area contributed by atoms with Gasteiger partial charge in [-0.3, -0.25) is 0 Å². The van der Waals surface area contributed by atoms with Gasteiger partial charge in [0, 0.05) is 24.5 Å². The summed E-state index contributed by atoms with van der Waals surface area (Å²) in [5.41, 5.74) is 10.5. The second-order valence-electron chi connectivity index (χ2n) is 5.78. The number of hydrogen-bond donors (Lipinski definition) is 2. The molecule has 0 unspecified atom stereocenters.